The van der Waals surface area contributed by atoms with Crippen LogP contribution in [0.4, 0.5) is 5.82 Å². The van der Waals surface area contributed by atoms with E-state index in [0.717, 1.165) is 0 Å². The molecule has 0 fully saturated rings. The van der Waals surface area contributed by atoms with Crippen LogP contribution in [0.15, 0.2) is 12.1 Å². The molecule has 1 atom stereocenters. The molecular formula is C13H21N3O4. The van der Waals surface area contributed by atoms with Crippen molar-refractivity contribution in [1.29, 1.82) is 0 Å². The maximum absolute atomic E-state index is 12.2. The lowest BCUT2D eigenvalue weighted by molar-refractivity contribution is -0.391. The second-order valence-electron chi connectivity index (χ2n) is 5.80. The van der Waals surface area contributed by atoms with Crippen molar-refractivity contribution in [3.8, 4) is 0 Å². The number of amides is 1. The van der Waals surface area contributed by atoms with Crippen LogP contribution in [0.1, 0.15) is 37.7 Å². The van der Waals surface area contributed by atoms with Crippen LogP contribution in [-0.4, -0.2) is 33.2 Å². The summed E-state index contributed by atoms with van der Waals surface area (Å²) in [6, 6.07) is 2.51. The number of nitrogens with zero attached hydrogens (tertiary/aromatic N) is 2. The Hall–Kier alpha value is -1.89. The van der Waals surface area contributed by atoms with Crippen molar-refractivity contribution in [2.75, 3.05) is 6.61 Å². The molecule has 0 spiro atoms. The largest absolute Gasteiger partial charge is 0.396 e. The molecule has 1 unspecified atom stereocenters. The molecule has 1 aromatic rings. The van der Waals surface area contributed by atoms with Gasteiger partial charge in [-0.1, -0.05) is 20.8 Å². The van der Waals surface area contributed by atoms with Gasteiger partial charge in [-0.3, -0.25) is 4.79 Å². The van der Waals surface area contributed by atoms with Crippen LogP contribution >= 0.6 is 0 Å². The Bertz CT molecular complexity index is 502. The zero-order chi connectivity index (χ0) is 15.5. The van der Waals surface area contributed by atoms with E-state index in [0.29, 0.717) is 6.42 Å². The Balaban J connectivity index is 2.92. The Kier molecular flexibility index (Phi) is 4.88. The summed E-state index contributed by atoms with van der Waals surface area (Å²) in [6.45, 7) is 5.85. The molecule has 20 heavy (non-hydrogen) atoms. The monoisotopic (exact) mass is 283 g/mol. The van der Waals surface area contributed by atoms with Gasteiger partial charge in [0, 0.05) is 18.7 Å². The van der Waals surface area contributed by atoms with Crippen molar-refractivity contribution in [1.82, 2.24) is 9.88 Å². The van der Waals surface area contributed by atoms with Gasteiger partial charge in [0.25, 0.3) is 5.91 Å². The number of carbonyl (C=O) groups is 1. The van der Waals surface area contributed by atoms with Crippen LogP contribution in [0.25, 0.3) is 0 Å². The molecule has 1 rings (SSSR count). The van der Waals surface area contributed by atoms with Gasteiger partial charge in [0.05, 0.1) is 7.05 Å². The number of nitro groups is 1. The molecule has 0 aliphatic heterocycles. The van der Waals surface area contributed by atoms with E-state index in [1.807, 2.05) is 20.8 Å². The van der Waals surface area contributed by atoms with E-state index in [4.69, 9.17) is 5.11 Å². The highest BCUT2D eigenvalue weighted by Gasteiger charge is 2.28. The Labute approximate surface area is 117 Å². The zero-order valence-corrected chi connectivity index (χ0v) is 12.2. The summed E-state index contributed by atoms with van der Waals surface area (Å²) in [4.78, 5) is 22.4. The van der Waals surface area contributed by atoms with E-state index in [9.17, 15) is 14.9 Å². The van der Waals surface area contributed by atoms with E-state index in [2.05, 4.69) is 5.32 Å². The minimum atomic E-state index is -0.536. The van der Waals surface area contributed by atoms with E-state index in [1.165, 1.54) is 23.7 Å². The normalized spacial score (nSPS) is 13.1. The first-order chi connectivity index (χ1) is 9.18. The quantitative estimate of drug-likeness (QED) is 0.631. The number of aliphatic hydroxyl groups is 1. The number of aromatic nitrogens is 1. The molecule has 0 aliphatic carbocycles. The average molecular weight is 283 g/mol. The second-order valence-corrected chi connectivity index (χ2v) is 5.80. The molecule has 0 saturated heterocycles. The smallest absolute Gasteiger partial charge is 0.323 e. The molecule has 0 aromatic carbocycles. The summed E-state index contributed by atoms with van der Waals surface area (Å²) in [6.07, 6.45) is 0.432. The number of carbonyl (C=O) groups excluding carboxylic acids is 1. The molecule has 2 N–H and O–H groups in total. The fraction of sp³-hybridized carbons (Fsp3) is 0.615. The van der Waals surface area contributed by atoms with E-state index in [-0.39, 0.29) is 35.5 Å². The molecule has 1 heterocycles. The molecule has 7 nitrogen and oxygen atoms in total. The molecule has 0 aliphatic rings. The van der Waals surface area contributed by atoms with Crippen molar-refractivity contribution in [2.45, 2.75) is 33.2 Å². The Morgan fingerprint density at radius 3 is 2.50 bits per heavy atom. The SMILES string of the molecule is Cn1c(C(=O)NC(CCO)C(C)(C)C)ccc1[N+](=O)[O-]. The Morgan fingerprint density at radius 2 is 2.10 bits per heavy atom. The first kappa shape index (κ1) is 16.2. The molecular weight excluding hydrogens is 262 g/mol. The number of aliphatic hydroxyl groups excluding tert-OH is 1. The summed E-state index contributed by atoms with van der Waals surface area (Å²) in [5.41, 5.74) is 0.0130. The zero-order valence-electron chi connectivity index (χ0n) is 12.2. The highest BCUT2D eigenvalue weighted by atomic mass is 16.6. The first-order valence-corrected chi connectivity index (χ1v) is 6.40. The summed E-state index contributed by atoms with van der Waals surface area (Å²) in [5.74, 6) is -0.515. The van der Waals surface area contributed by atoms with Crippen molar-refractivity contribution in [3.05, 3.63) is 27.9 Å². The third-order valence-electron chi connectivity index (χ3n) is 3.28. The highest BCUT2D eigenvalue weighted by Crippen LogP contribution is 2.22. The van der Waals surface area contributed by atoms with Gasteiger partial charge in [0.15, 0.2) is 5.69 Å². The maximum Gasteiger partial charge on any atom is 0.323 e. The molecule has 7 heteroatoms. The van der Waals surface area contributed by atoms with Crippen LogP contribution in [0.2, 0.25) is 0 Å². The lowest BCUT2D eigenvalue weighted by atomic mass is 9.85. The van der Waals surface area contributed by atoms with Gasteiger partial charge >= 0.3 is 5.82 Å². The maximum atomic E-state index is 12.2. The van der Waals surface area contributed by atoms with Gasteiger partial charge in [-0.2, -0.15) is 0 Å². The van der Waals surface area contributed by atoms with E-state index < -0.39 is 4.92 Å². The molecule has 1 amide bonds. The van der Waals surface area contributed by atoms with Gasteiger partial charge in [0.1, 0.15) is 0 Å². The minimum Gasteiger partial charge on any atom is -0.396 e. The van der Waals surface area contributed by atoms with Crippen LogP contribution in [-0.2, 0) is 7.05 Å². The molecule has 112 valence electrons. The van der Waals surface area contributed by atoms with Crippen molar-refractivity contribution < 1.29 is 14.8 Å². The standard InChI is InChI=1S/C13H21N3O4/c1-13(2,3)10(7-8-17)14-12(18)9-5-6-11(15(9)4)16(19)20/h5-6,10,17H,7-8H2,1-4H3,(H,14,18). The minimum absolute atomic E-state index is 0.0322. The van der Waals surface area contributed by atoms with Crippen LogP contribution in [0.3, 0.4) is 0 Å². The number of hydrogen-bond acceptors (Lipinski definition) is 4. The Morgan fingerprint density at radius 1 is 1.50 bits per heavy atom. The summed E-state index contributed by atoms with van der Waals surface area (Å²) in [5, 5.41) is 22.7. The molecule has 1 aromatic heterocycles. The number of nitrogens with one attached hydrogen (secondary N) is 1. The van der Waals surface area contributed by atoms with Crippen molar-refractivity contribution in [3.63, 3.8) is 0 Å². The third kappa shape index (κ3) is 3.57. The number of rotatable bonds is 5. The number of hydrogen-bond donors (Lipinski definition) is 2. The van der Waals surface area contributed by atoms with Crippen LogP contribution in [0.5, 0.6) is 0 Å². The average Bonchev–Trinajstić information content (AvgIpc) is 2.69. The van der Waals surface area contributed by atoms with Gasteiger partial charge in [-0.15, -0.1) is 0 Å². The molecule has 0 bridgehead atoms. The van der Waals surface area contributed by atoms with E-state index in [1.54, 1.807) is 0 Å². The molecule has 0 radical (unpaired) electrons. The van der Waals surface area contributed by atoms with E-state index >= 15 is 0 Å². The fourth-order valence-electron chi connectivity index (χ4n) is 1.99. The van der Waals surface area contributed by atoms with Crippen LogP contribution < -0.4 is 5.32 Å². The topological polar surface area (TPSA) is 97.4 Å². The van der Waals surface area contributed by atoms with Gasteiger partial charge in [-0.25, -0.2) is 4.57 Å². The summed E-state index contributed by atoms with van der Waals surface area (Å²) < 4.78 is 1.24. The van der Waals surface area contributed by atoms with Crippen molar-refractivity contribution >= 4 is 11.7 Å². The fourth-order valence-corrected chi connectivity index (χ4v) is 1.99. The highest BCUT2D eigenvalue weighted by molar-refractivity contribution is 5.93. The molecule has 0 saturated carbocycles. The predicted molar refractivity (Wildman–Crippen MR) is 74.5 cm³/mol. The lowest BCUT2D eigenvalue weighted by Gasteiger charge is -2.30. The van der Waals surface area contributed by atoms with Gasteiger partial charge < -0.3 is 20.5 Å². The van der Waals surface area contributed by atoms with Gasteiger partial charge in [0.2, 0.25) is 0 Å². The van der Waals surface area contributed by atoms with Gasteiger partial charge in [-0.05, 0) is 22.8 Å². The summed E-state index contributed by atoms with van der Waals surface area (Å²) in [7, 11) is 1.48. The second kappa shape index (κ2) is 6.04. The summed E-state index contributed by atoms with van der Waals surface area (Å²) >= 11 is 0. The van der Waals surface area contributed by atoms with Crippen molar-refractivity contribution in [2.24, 2.45) is 12.5 Å². The third-order valence-corrected chi connectivity index (χ3v) is 3.28. The lowest BCUT2D eigenvalue weighted by Crippen LogP contribution is -2.44. The predicted octanol–water partition coefficient (Wildman–Crippen LogP) is 1.46. The first-order valence-electron chi connectivity index (χ1n) is 6.40. The van der Waals surface area contributed by atoms with Crippen LogP contribution in [0, 0.1) is 15.5 Å².